The van der Waals surface area contributed by atoms with Gasteiger partial charge in [-0.05, 0) is 10.8 Å². The maximum atomic E-state index is 12.5. The lowest BCUT2D eigenvalue weighted by atomic mass is 10.0. The summed E-state index contributed by atoms with van der Waals surface area (Å²) in [4.78, 5) is 27.3. The first-order chi connectivity index (χ1) is 11.1. The molecule has 0 aliphatic heterocycles. The van der Waals surface area contributed by atoms with Gasteiger partial charge in [0.1, 0.15) is 0 Å². The largest absolute Gasteiger partial charge is 0.302 e. The zero-order valence-corrected chi connectivity index (χ0v) is 14.8. The van der Waals surface area contributed by atoms with Gasteiger partial charge in [0.2, 0.25) is 5.91 Å². The molecule has 0 spiro atoms. The molecule has 0 bridgehead atoms. The topological polar surface area (TPSA) is 85.1 Å². The molecule has 1 amide bonds. The number of amides is 1. The number of aromatic nitrogens is 1. The zero-order valence-electron chi connectivity index (χ0n) is 14.0. The van der Waals surface area contributed by atoms with Crippen LogP contribution in [0.2, 0.25) is 0 Å². The van der Waals surface area contributed by atoms with Crippen LogP contribution < -0.4 is 5.32 Å². The number of anilines is 1. The number of thiazole rings is 1. The highest BCUT2D eigenvalue weighted by molar-refractivity contribution is 7.14. The second-order valence-corrected chi connectivity index (χ2v) is 8.07. The van der Waals surface area contributed by atoms with Crippen molar-refractivity contribution in [3.63, 3.8) is 0 Å². The van der Waals surface area contributed by atoms with Crippen LogP contribution in [0.25, 0.3) is 11.3 Å². The Kier molecular flexibility index (Phi) is 3.71. The number of benzene rings is 1. The number of hydrogen-bond acceptors (Lipinski definition) is 5. The van der Waals surface area contributed by atoms with Crippen LogP contribution in [-0.2, 0) is 4.79 Å². The van der Waals surface area contributed by atoms with Crippen molar-refractivity contribution in [3.05, 3.63) is 39.8 Å². The maximum Gasteiger partial charge on any atom is 0.270 e. The highest BCUT2D eigenvalue weighted by Gasteiger charge is 2.68. The van der Waals surface area contributed by atoms with Crippen LogP contribution >= 0.6 is 11.3 Å². The molecule has 7 heteroatoms. The van der Waals surface area contributed by atoms with Crippen LogP contribution in [0.4, 0.5) is 10.8 Å². The third-order valence-corrected chi connectivity index (χ3v) is 6.13. The average molecular weight is 345 g/mol. The minimum absolute atomic E-state index is 0.0209. The molecule has 3 rings (SSSR count). The van der Waals surface area contributed by atoms with Gasteiger partial charge in [0.05, 0.1) is 10.6 Å². The van der Waals surface area contributed by atoms with E-state index in [2.05, 4.69) is 38.0 Å². The van der Waals surface area contributed by atoms with E-state index in [1.807, 2.05) is 0 Å². The van der Waals surface area contributed by atoms with Crippen LogP contribution in [0.5, 0.6) is 0 Å². The minimum Gasteiger partial charge on any atom is -0.302 e. The van der Waals surface area contributed by atoms with Gasteiger partial charge in [-0.3, -0.25) is 14.9 Å². The second kappa shape index (κ2) is 5.37. The highest BCUT2D eigenvalue weighted by atomic mass is 32.1. The molecule has 0 radical (unpaired) electrons. The smallest absolute Gasteiger partial charge is 0.270 e. The van der Waals surface area contributed by atoms with Gasteiger partial charge in [0.25, 0.3) is 5.69 Å². The summed E-state index contributed by atoms with van der Waals surface area (Å²) in [5, 5.41) is 16.1. The Hall–Kier alpha value is -2.28. The Balaban J connectivity index is 1.76. The number of nitrogens with zero attached hydrogens (tertiary/aromatic N) is 2. The summed E-state index contributed by atoms with van der Waals surface area (Å²) in [7, 11) is 0. The molecule has 1 fully saturated rings. The summed E-state index contributed by atoms with van der Waals surface area (Å²) in [6.45, 7) is 8.36. The molecule has 1 aliphatic rings. The molecule has 126 valence electrons. The number of carbonyl (C=O) groups excluding carboxylic acids is 1. The Bertz CT molecular complexity index is 812. The van der Waals surface area contributed by atoms with Gasteiger partial charge in [-0.2, -0.15) is 0 Å². The first-order valence-corrected chi connectivity index (χ1v) is 8.54. The van der Waals surface area contributed by atoms with Gasteiger partial charge in [-0.1, -0.05) is 39.8 Å². The molecule has 1 aromatic heterocycles. The lowest BCUT2D eigenvalue weighted by molar-refractivity contribution is -0.384. The number of rotatable bonds is 4. The van der Waals surface area contributed by atoms with Crippen LogP contribution in [-0.4, -0.2) is 15.8 Å². The SMILES string of the molecule is CC1(C)C(C(=O)Nc2nc(-c3cccc([N+](=O)[O-])c3)cs2)C1(C)C. The van der Waals surface area contributed by atoms with Gasteiger partial charge in [-0.15, -0.1) is 11.3 Å². The number of carbonyl (C=O) groups is 1. The summed E-state index contributed by atoms with van der Waals surface area (Å²) in [6, 6.07) is 6.31. The maximum absolute atomic E-state index is 12.5. The van der Waals surface area contributed by atoms with Crippen molar-refractivity contribution in [1.29, 1.82) is 0 Å². The predicted molar refractivity (Wildman–Crippen MR) is 93.9 cm³/mol. The number of hydrogen-bond donors (Lipinski definition) is 1. The average Bonchev–Trinajstić information content (AvgIpc) is 2.82. The molecule has 24 heavy (non-hydrogen) atoms. The van der Waals surface area contributed by atoms with E-state index in [1.54, 1.807) is 17.5 Å². The standard InChI is InChI=1S/C17H19N3O3S/c1-16(2)13(17(16,3)4)14(21)19-15-18-12(9-24-15)10-6-5-7-11(8-10)20(22)23/h5-9,13H,1-4H3,(H,18,19,21). The first-order valence-electron chi connectivity index (χ1n) is 7.66. The Morgan fingerprint density at radius 3 is 2.54 bits per heavy atom. The number of nitro groups is 1. The zero-order chi connectivity index (χ0) is 17.7. The molecule has 2 aromatic rings. The van der Waals surface area contributed by atoms with Gasteiger partial charge < -0.3 is 5.32 Å². The molecule has 1 N–H and O–H groups in total. The van der Waals surface area contributed by atoms with E-state index in [1.165, 1.54) is 23.5 Å². The Morgan fingerprint density at radius 1 is 1.29 bits per heavy atom. The second-order valence-electron chi connectivity index (χ2n) is 7.21. The van der Waals surface area contributed by atoms with Crippen molar-refractivity contribution in [2.24, 2.45) is 16.7 Å². The summed E-state index contributed by atoms with van der Waals surface area (Å²) in [5.74, 6) is -0.0693. The van der Waals surface area contributed by atoms with Crippen LogP contribution in [0.3, 0.4) is 0 Å². The van der Waals surface area contributed by atoms with E-state index in [0.29, 0.717) is 16.4 Å². The number of non-ortho nitro benzene ring substituents is 1. The molecule has 0 atom stereocenters. The summed E-state index contributed by atoms with van der Waals surface area (Å²) in [6.07, 6.45) is 0. The van der Waals surface area contributed by atoms with Crippen molar-refractivity contribution in [3.8, 4) is 11.3 Å². The minimum atomic E-state index is -0.435. The fraction of sp³-hybridized carbons (Fsp3) is 0.412. The summed E-state index contributed by atoms with van der Waals surface area (Å²) >= 11 is 1.32. The van der Waals surface area contributed by atoms with Crippen LogP contribution in [0.1, 0.15) is 27.7 Å². The molecule has 6 nitrogen and oxygen atoms in total. The molecule has 0 unspecified atom stereocenters. The molecule has 1 saturated carbocycles. The normalized spacial score (nSPS) is 18.2. The van der Waals surface area contributed by atoms with Gasteiger partial charge in [0, 0.05) is 29.0 Å². The molecular formula is C17H19N3O3S. The number of nitro benzene ring substituents is 1. The summed E-state index contributed by atoms with van der Waals surface area (Å²) < 4.78 is 0. The Labute approximate surface area is 144 Å². The first kappa shape index (κ1) is 16.6. The number of nitrogens with one attached hydrogen (secondary N) is 1. The van der Waals surface area contributed by atoms with Crippen molar-refractivity contribution >= 4 is 28.1 Å². The van der Waals surface area contributed by atoms with Crippen molar-refractivity contribution in [2.45, 2.75) is 27.7 Å². The van der Waals surface area contributed by atoms with E-state index in [-0.39, 0.29) is 28.3 Å². The molecule has 1 aromatic carbocycles. The van der Waals surface area contributed by atoms with E-state index < -0.39 is 4.92 Å². The Morgan fingerprint density at radius 2 is 1.96 bits per heavy atom. The van der Waals surface area contributed by atoms with Gasteiger partial charge in [-0.25, -0.2) is 4.98 Å². The van der Waals surface area contributed by atoms with E-state index in [0.717, 1.165) is 0 Å². The van der Waals surface area contributed by atoms with Crippen molar-refractivity contribution in [1.82, 2.24) is 4.98 Å². The predicted octanol–water partition coefficient (Wildman–Crippen LogP) is 4.34. The van der Waals surface area contributed by atoms with Crippen LogP contribution in [0.15, 0.2) is 29.6 Å². The third kappa shape index (κ3) is 2.58. The van der Waals surface area contributed by atoms with Crippen LogP contribution in [0, 0.1) is 26.9 Å². The molecule has 1 aliphatic carbocycles. The lowest BCUT2D eigenvalue weighted by Gasteiger charge is -2.03. The van der Waals surface area contributed by atoms with E-state index in [4.69, 9.17) is 0 Å². The highest BCUT2D eigenvalue weighted by Crippen LogP contribution is 2.68. The van der Waals surface area contributed by atoms with Gasteiger partial charge >= 0.3 is 0 Å². The summed E-state index contributed by atoms with van der Waals surface area (Å²) in [5.41, 5.74) is 1.24. The van der Waals surface area contributed by atoms with Crippen molar-refractivity contribution < 1.29 is 9.72 Å². The fourth-order valence-electron chi connectivity index (χ4n) is 3.27. The van der Waals surface area contributed by atoms with Crippen molar-refractivity contribution in [2.75, 3.05) is 5.32 Å². The lowest BCUT2D eigenvalue weighted by Crippen LogP contribution is -2.17. The molecular weight excluding hydrogens is 326 g/mol. The quantitative estimate of drug-likeness (QED) is 0.660. The fourth-order valence-corrected chi connectivity index (χ4v) is 3.99. The van der Waals surface area contributed by atoms with E-state index >= 15 is 0 Å². The van der Waals surface area contributed by atoms with Gasteiger partial charge in [0.15, 0.2) is 5.13 Å². The van der Waals surface area contributed by atoms with E-state index in [9.17, 15) is 14.9 Å². The molecule has 1 heterocycles. The molecule has 0 saturated heterocycles. The third-order valence-electron chi connectivity index (χ3n) is 5.37. The monoisotopic (exact) mass is 345 g/mol.